The molecule has 3 atom stereocenters. The lowest BCUT2D eigenvalue weighted by Gasteiger charge is -2.45. The first-order chi connectivity index (χ1) is 9.27. The fourth-order valence-electron chi connectivity index (χ4n) is 3.28. The van der Waals surface area contributed by atoms with E-state index in [1.54, 1.807) is 0 Å². The molecule has 1 saturated carbocycles. The number of rotatable bonds is 5. The summed E-state index contributed by atoms with van der Waals surface area (Å²) in [6.07, 6.45) is 4.74. The van der Waals surface area contributed by atoms with Gasteiger partial charge in [-0.1, -0.05) is 26.7 Å². The van der Waals surface area contributed by atoms with Crippen LogP contribution in [-0.4, -0.2) is 54.0 Å². The average molecular weight is 283 g/mol. The van der Waals surface area contributed by atoms with Gasteiger partial charge in [0.05, 0.1) is 6.04 Å². The van der Waals surface area contributed by atoms with Crippen LogP contribution in [0.4, 0.5) is 0 Å². The van der Waals surface area contributed by atoms with Crippen molar-refractivity contribution in [1.82, 2.24) is 9.80 Å². The molecule has 1 aliphatic carbocycles. The van der Waals surface area contributed by atoms with Crippen molar-refractivity contribution < 1.29 is 4.79 Å². The molecule has 1 aliphatic rings. The van der Waals surface area contributed by atoms with Crippen LogP contribution in [0.5, 0.6) is 0 Å². The van der Waals surface area contributed by atoms with Crippen molar-refractivity contribution in [3.8, 4) is 0 Å². The summed E-state index contributed by atoms with van der Waals surface area (Å²) in [5.41, 5.74) is 6.12. The molecular weight excluding hydrogens is 250 g/mol. The van der Waals surface area contributed by atoms with Crippen LogP contribution in [0.15, 0.2) is 0 Å². The Balaban J connectivity index is 2.96. The SMILES string of the molecule is CC(C)[C@H](N)C(=O)N(C(C)C)[C@H]1CCCC[C@H]1N(C)C. The number of hydrogen-bond acceptors (Lipinski definition) is 3. The van der Waals surface area contributed by atoms with Gasteiger partial charge < -0.3 is 15.5 Å². The lowest BCUT2D eigenvalue weighted by molar-refractivity contribution is -0.140. The Kier molecular flexibility index (Phi) is 6.46. The van der Waals surface area contributed by atoms with Crippen molar-refractivity contribution in [2.24, 2.45) is 11.7 Å². The maximum Gasteiger partial charge on any atom is 0.240 e. The van der Waals surface area contributed by atoms with Crippen molar-refractivity contribution in [1.29, 1.82) is 0 Å². The van der Waals surface area contributed by atoms with Crippen LogP contribution in [0.25, 0.3) is 0 Å². The molecule has 0 aromatic carbocycles. The first-order valence-electron chi connectivity index (χ1n) is 8.01. The molecule has 0 heterocycles. The van der Waals surface area contributed by atoms with Gasteiger partial charge in [-0.3, -0.25) is 4.79 Å². The fraction of sp³-hybridized carbons (Fsp3) is 0.938. The monoisotopic (exact) mass is 283 g/mol. The summed E-state index contributed by atoms with van der Waals surface area (Å²) in [6, 6.07) is 0.575. The molecule has 4 heteroatoms. The van der Waals surface area contributed by atoms with Gasteiger partial charge in [0.25, 0.3) is 0 Å². The standard InChI is InChI=1S/C16H33N3O/c1-11(2)15(17)16(20)19(12(3)4)14-10-8-7-9-13(14)18(5)6/h11-15H,7-10,17H2,1-6H3/t13-,14+,15+/m1/s1. The normalized spacial score (nSPS) is 25.3. The van der Waals surface area contributed by atoms with E-state index in [0.29, 0.717) is 12.1 Å². The minimum absolute atomic E-state index is 0.119. The lowest BCUT2D eigenvalue weighted by Crippen LogP contribution is -2.59. The number of likely N-dealkylation sites (N-methyl/N-ethyl adjacent to an activating group) is 1. The molecule has 0 bridgehead atoms. The van der Waals surface area contributed by atoms with E-state index in [1.165, 1.54) is 19.3 Å². The number of carbonyl (C=O) groups excluding carboxylic acids is 1. The number of nitrogens with zero attached hydrogens (tertiary/aromatic N) is 2. The van der Waals surface area contributed by atoms with Gasteiger partial charge in [0, 0.05) is 18.1 Å². The van der Waals surface area contributed by atoms with Gasteiger partial charge in [-0.15, -0.1) is 0 Å². The summed E-state index contributed by atoms with van der Waals surface area (Å²) in [5, 5.41) is 0. The molecule has 0 aromatic rings. The molecule has 20 heavy (non-hydrogen) atoms. The Morgan fingerprint density at radius 1 is 1.05 bits per heavy atom. The molecule has 0 saturated heterocycles. The smallest absolute Gasteiger partial charge is 0.240 e. The van der Waals surface area contributed by atoms with Crippen LogP contribution >= 0.6 is 0 Å². The van der Waals surface area contributed by atoms with Crippen LogP contribution in [0.2, 0.25) is 0 Å². The Bertz CT molecular complexity index is 315. The molecule has 0 spiro atoms. The molecular formula is C16H33N3O. The lowest BCUT2D eigenvalue weighted by atomic mass is 9.87. The van der Waals surface area contributed by atoms with Gasteiger partial charge in [-0.05, 0) is 46.7 Å². The van der Waals surface area contributed by atoms with Crippen LogP contribution < -0.4 is 5.73 Å². The Hall–Kier alpha value is -0.610. The van der Waals surface area contributed by atoms with Crippen molar-refractivity contribution >= 4 is 5.91 Å². The van der Waals surface area contributed by atoms with E-state index in [0.717, 1.165) is 6.42 Å². The third-order valence-electron chi connectivity index (χ3n) is 4.53. The van der Waals surface area contributed by atoms with E-state index in [4.69, 9.17) is 5.73 Å². The highest BCUT2D eigenvalue weighted by molar-refractivity contribution is 5.82. The Morgan fingerprint density at radius 2 is 1.55 bits per heavy atom. The average Bonchev–Trinajstić information content (AvgIpc) is 2.37. The third-order valence-corrected chi connectivity index (χ3v) is 4.53. The summed E-state index contributed by atoms with van der Waals surface area (Å²) in [4.78, 5) is 17.1. The number of hydrogen-bond donors (Lipinski definition) is 1. The molecule has 4 nitrogen and oxygen atoms in total. The van der Waals surface area contributed by atoms with Gasteiger partial charge in [0.15, 0.2) is 0 Å². The van der Waals surface area contributed by atoms with Gasteiger partial charge in [0.2, 0.25) is 5.91 Å². The zero-order valence-corrected chi connectivity index (χ0v) is 14.1. The molecule has 1 rings (SSSR count). The van der Waals surface area contributed by atoms with Crippen molar-refractivity contribution in [2.75, 3.05) is 14.1 Å². The highest BCUT2D eigenvalue weighted by Crippen LogP contribution is 2.28. The fourth-order valence-corrected chi connectivity index (χ4v) is 3.28. The molecule has 0 aliphatic heterocycles. The van der Waals surface area contributed by atoms with E-state index in [2.05, 4.69) is 37.7 Å². The van der Waals surface area contributed by atoms with E-state index < -0.39 is 0 Å². The van der Waals surface area contributed by atoms with Crippen molar-refractivity contribution in [3.05, 3.63) is 0 Å². The Morgan fingerprint density at radius 3 is 1.95 bits per heavy atom. The predicted molar refractivity (Wildman–Crippen MR) is 84.5 cm³/mol. The third kappa shape index (κ3) is 3.95. The van der Waals surface area contributed by atoms with E-state index in [1.807, 2.05) is 13.8 Å². The maximum absolute atomic E-state index is 12.8. The first kappa shape index (κ1) is 17.4. The van der Waals surface area contributed by atoms with E-state index in [-0.39, 0.29) is 23.9 Å². The summed E-state index contributed by atoms with van der Waals surface area (Å²) in [6.45, 7) is 8.25. The first-order valence-corrected chi connectivity index (χ1v) is 8.01. The zero-order valence-electron chi connectivity index (χ0n) is 14.1. The van der Waals surface area contributed by atoms with Crippen molar-refractivity contribution in [2.45, 2.75) is 77.5 Å². The van der Waals surface area contributed by atoms with Crippen LogP contribution in [0.3, 0.4) is 0 Å². The highest BCUT2D eigenvalue weighted by Gasteiger charge is 2.37. The van der Waals surface area contributed by atoms with E-state index in [9.17, 15) is 4.79 Å². The minimum atomic E-state index is -0.387. The van der Waals surface area contributed by atoms with Crippen LogP contribution in [0.1, 0.15) is 53.4 Å². The van der Waals surface area contributed by atoms with Gasteiger partial charge in [0.1, 0.15) is 0 Å². The summed E-state index contributed by atoms with van der Waals surface area (Å²) in [5.74, 6) is 0.305. The van der Waals surface area contributed by atoms with Crippen molar-refractivity contribution in [3.63, 3.8) is 0 Å². The van der Waals surface area contributed by atoms with E-state index >= 15 is 0 Å². The van der Waals surface area contributed by atoms with Gasteiger partial charge >= 0.3 is 0 Å². The van der Waals surface area contributed by atoms with Crippen LogP contribution in [-0.2, 0) is 4.79 Å². The Labute approximate surface area is 124 Å². The summed E-state index contributed by atoms with van der Waals surface area (Å²) < 4.78 is 0. The predicted octanol–water partition coefficient (Wildman–Crippen LogP) is 2.08. The van der Waals surface area contributed by atoms with Gasteiger partial charge in [-0.25, -0.2) is 0 Å². The second-order valence-electron chi connectivity index (χ2n) is 6.99. The van der Waals surface area contributed by atoms with Crippen LogP contribution in [0, 0.1) is 5.92 Å². The summed E-state index contributed by atoms with van der Waals surface area (Å²) >= 11 is 0. The molecule has 2 N–H and O–H groups in total. The topological polar surface area (TPSA) is 49.6 Å². The summed E-state index contributed by atoms with van der Waals surface area (Å²) in [7, 11) is 4.24. The molecule has 0 radical (unpaired) electrons. The number of nitrogens with two attached hydrogens (primary N) is 1. The molecule has 0 aromatic heterocycles. The quantitative estimate of drug-likeness (QED) is 0.840. The number of carbonyl (C=O) groups is 1. The number of amides is 1. The zero-order chi connectivity index (χ0) is 15.4. The molecule has 1 amide bonds. The second kappa shape index (κ2) is 7.41. The highest BCUT2D eigenvalue weighted by atomic mass is 16.2. The molecule has 0 unspecified atom stereocenters. The largest absolute Gasteiger partial charge is 0.334 e. The van der Waals surface area contributed by atoms with Gasteiger partial charge in [-0.2, -0.15) is 0 Å². The second-order valence-corrected chi connectivity index (χ2v) is 6.99. The molecule has 1 fully saturated rings. The maximum atomic E-state index is 12.8. The molecule has 118 valence electrons. The minimum Gasteiger partial charge on any atom is -0.334 e.